The summed E-state index contributed by atoms with van der Waals surface area (Å²) in [5, 5.41) is 12.0. The molecule has 8 heteroatoms. The number of nitrogens with one attached hydrogen (secondary N) is 1. The Labute approximate surface area is 213 Å². The molecular weight excluding hydrogens is 456 g/mol. The highest BCUT2D eigenvalue weighted by Gasteiger charge is 2.36. The Kier molecular flexibility index (Phi) is 9.19. The summed E-state index contributed by atoms with van der Waals surface area (Å²) in [6.45, 7) is 6.22. The van der Waals surface area contributed by atoms with E-state index in [-0.39, 0.29) is 11.8 Å². The molecule has 36 heavy (non-hydrogen) atoms. The summed E-state index contributed by atoms with van der Waals surface area (Å²) in [6, 6.07) is 17.8. The number of para-hydroxylation sites is 1. The van der Waals surface area contributed by atoms with Gasteiger partial charge in [-0.05, 0) is 49.9 Å². The average Bonchev–Trinajstić information content (AvgIpc) is 2.92. The van der Waals surface area contributed by atoms with E-state index in [1.807, 2.05) is 29.2 Å². The summed E-state index contributed by atoms with van der Waals surface area (Å²) in [5.74, 6) is 0.808. The van der Waals surface area contributed by atoms with Crippen molar-refractivity contribution in [2.75, 3.05) is 52.9 Å². The predicted octanol–water partition coefficient (Wildman–Crippen LogP) is 2.93. The van der Waals surface area contributed by atoms with Crippen molar-refractivity contribution >= 4 is 12.0 Å². The highest BCUT2D eigenvalue weighted by Crippen LogP contribution is 2.24. The van der Waals surface area contributed by atoms with Gasteiger partial charge in [-0.3, -0.25) is 9.69 Å². The average molecular weight is 495 g/mol. The summed E-state index contributed by atoms with van der Waals surface area (Å²) < 4.78 is 5.47. The van der Waals surface area contributed by atoms with E-state index in [1.165, 1.54) is 5.56 Å². The molecule has 4 rings (SSSR count). The van der Waals surface area contributed by atoms with Gasteiger partial charge in [0.15, 0.2) is 0 Å². The maximum absolute atomic E-state index is 13.4. The number of hydrogen-bond donors (Lipinski definition) is 2. The molecule has 2 saturated heterocycles. The zero-order valence-corrected chi connectivity index (χ0v) is 21.1. The van der Waals surface area contributed by atoms with Gasteiger partial charge in [-0.15, -0.1) is 0 Å². The Hall–Kier alpha value is -3.10. The molecule has 2 heterocycles. The molecule has 0 aliphatic carbocycles. The highest BCUT2D eigenvalue weighted by molar-refractivity contribution is 5.85. The largest absolute Gasteiger partial charge is 0.496 e. The van der Waals surface area contributed by atoms with Gasteiger partial charge < -0.3 is 25.0 Å². The van der Waals surface area contributed by atoms with Crippen LogP contribution in [0, 0.1) is 5.92 Å². The summed E-state index contributed by atoms with van der Waals surface area (Å²) in [7, 11) is 1.68. The van der Waals surface area contributed by atoms with Crippen LogP contribution < -0.4 is 10.1 Å². The predicted molar refractivity (Wildman–Crippen MR) is 139 cm³/mol. The molecule has 1 atom stereocenters. The maximum atomic E-state index is 13.4. The molecule has 2 aromatic rings. The number of amides is 2. The minimum Gasteiger partial charge on any atom is -0.496 e. The lowest BCUT2D eigenvalue weighted by Gasteiger charge is -2.40. The van der Waals surface area contributed by atoms with Crippen molar-refractivity contribution in [1.29, 1.82) is 0 Å². The van der Waals surface area contributed by atoms with Gasteiger partial charge in [0.05, 0.1) is 7.11 Å². The van der Waals surface area contributed by atoms with Gasteiger partial charge in [-0.2, -0.15) is 0 Å². The second-order valence-electron chi connectivity index (χ2n) is 9.76. The van der Waals surface area contributed by atoms with Crippen LogP contribution >= 0.6 is 0 Å². The third-order valence-corrected chi connectivity index (χ3v) is 7.48. The molecule has 0 aromatic heterocycles. The summed E-state index contributed by atoms with van der Waals surface area (Å²) in [6.07, 6.45) is 1.51. The fourth-order valence-corrected chi connectivity index (χ4v) is 5.35. The van der Waals surface area contributed by atoms with Gasteiger partial charge in [0.1, 0.15) is 11.8 Å². The minimum absolute atomic E-state index is 0.0215. The molecule has 2 aromatic carbocycles. The Morgan fingerprint density at radius 2 is 1.61 bits per heavy atom. The molecule has 0 spiro atoms. The number of carbonyl (C=O) groups excluding carboxylic acids is 1. The number of piperidine rings is 1. The molecule has 0 saturated carbocycles. The molecular formula is C28H38N4O4. The first-order valence-electron chi connectivity index (χ1n) is 12.9. The summed E-state index contributed by atoms with van der Waals surface area (Å²) in [5.41, 5.74) is 2.45. The third kappa shape index (κ3) is 6.98. The van der Waals surface area contributed by atoms with E-state index in [9.17, 15) is 14.7 Å². The molecule has 0 bridgehead atoms. The zero-order valence-electron chi connectivity index (χ0n) is 21.1. The monoisotopic (exact) mass is 494 g/mol. The Bertz CT molecular complexity index is 986. The van der Waals surface area contributed by atoms with Crippen molar-refractivity contribution in [3.8, 4) is 5.75 Å². The van der Waals surface area contributed by atoms with E-state index in [0.29, 0.717) is 13.1 Å². The lowest BCUT2D eigenvalue weighted by molar-refractivity contribution is -0.137. The number of hydrogen-bond acceptors (Lipinski definition) is 5. The number of benzene rings is 2. The Balaban J connectivity index is 1.28. The van der Waals surface area contributed by atoms with Crippen LogP contribution in [0.15, 0.2) is 54.6 Å². The van der Waals surface area contributed by atoms with Gasteiger partial charge >= 0.3 is 6.09 Å². The number of piperazine rings is 1. The van der Waals surface area contributed by atoms with Crippen LogP contribution in [-0.2, 0) is 17.8 Å². The van der Waals surface area contributed by atoms with E-state index >= 15 is 0 Å². The fourth-order valence-electron chi connectivity index (χ4n) is 5.35. The number of rotatable bonds is 9. The second kappa shape index (κ2) is 12.7. The molecule has 194 valence electrons. The van der Waals surface area contributed by atoms with E-state index < -0.39 is 12.1 Å². The number of nitrogens with zero attached hydrogens (tertiary/aromatic N) is 3. The molecule has 2 N–H and O–H groups in total. The lowest BCUT2D eigenvalue weighted by atomic mass is 9.88. The lowest BCUT2D eigenvalue weighted by Crippen LogP contribution is -2.57. The van der Waals surface area contributed by atoms with Crippen LogP contribution in [0.25, 0.3) is 0 Å². The summed E-state index contributed by atoms with van der Waals surface area (Å²) >= 11 is 0. The van der Waals surface area contributed by atoms with E-state index in [0.717, 1.165) is 69.8 Å². The molecule has 0 radical (unpaired) electrons. The topological polar surface area (TPSA) is 85.3 Å². The van der Waals surface area contributed by atoms with Crippen LogP contribution in [0.1, 0.15) is 24.0 Å². The normalized spacial score (nSPS) is 18.5. The van der Waals surface area contributed by atoms with Crippen molar-refractivity contribution in [2.24, 2.45) is 5.92 Å². The summed E-state index contributed by atoms with van der Waals surface area (Å²) in [4.78, 5) is 31.6. The number of ether oxygens (including phenoxy) is 1. The zero-order chi connectivity index (χ0) is 25.3. The smallest absolute Gasteiger partial charge is 0.405 e. The van der Waals surface area contributed by atoms with E-state index in [1.54, 1.807) is 7.11 Å². The van der Waals surface area contributed by atoms with Crippen LogP contribution in [0.3, 0.4) is 0 Å². The Morgan fingerprint density at radius 3 is 2.28 bits per heavy atom. The van der Waals surface area contributed by atoms with Gasteiger partial charge in [0, 0.05) is 44.8 Å². The quantitative estimate of drug-likeness (QED) is 0.558. The number of likely N-dealkylation sites (tertiary alicyclic amines) is 1. The van der Waals surface area contributed by atoms with E-state index in [2.05, 4.69) is 45.4 Å². The van der Waals surface area contributed by atoms with Crippen molar-refractivity contribution in [3.05, 3.63) is 65.7 Å². The number of carbonyl (C=O) groups is 2. The highest BCUT2D eigenvalue weighted by atomic mass is 16.5. The van der Waals surface area contributed by atoms with Gasteiger partial charge in [-0.25, -0.2) is 4.79 Å². The van der Waals surface area contributed by atoms with Crippen molar-refractivity contribution < 1.29 is 19.4 Å². The van der Waals surface area contributed by atoms with Crippen molar-refractivity contribution in [1.82, 2.24) is 20.0 Å². The van der Waals surface area contributed by atoms with Crippen LogP contribution in [0.5, 0.6) is 5.75 Å². The van der Waals surface area contributed by atoms with Crippen LogP contribution in [-0.4, -0.2) is 90.8 Å². The first-order chi connectivity index (χ1) is 17.5. The van der Waals surface area contributed by atoms with Crippen LogP contribution in [0.2, 0.25) is 0 Å². The molecule has 8 nitrogen and oxygen atoms in total. The maximum Gasteiger partial charge on any atom is 0.405 e. The SMILES string of the molecule is COc1ccccc1CN1CCN(C(=O)[C@@H](NC(=O)O)C2CCN(CCc3ccccc3)CC2)CC1. The molecule has 0 unspecified atom stereocenters. The first-order valence-corrected chi connectivity index (χ1v) is 12.9. The first kappa shape index (κ1) is 26.0. The molecule has 2 aliphatic heterocycles. The van der Waals surface area contributed by atoms with Gasteiger partial charge in [0.2, 0.25) is 5.91 Å². The molecule has 2 aliphatic rings. The van der Waals surface area contributed by atoms with Crippen molar-refractivity contribution in [3.63, 3.8) is 0 Å². The second-order valence-corrected chi connectivity index (χ2v) is 9.76. The Morgan fingerprint density at radius 1 is 0.944 bits per heavy atom. The van der Waals surface area contributed by atoms with Crippen LogP contribution in [0.4, 0.5) is 4.79 Å². The number of carboxylic acid groups (broad SMARTS) is 1. The van der Waals surface area contributed by atoms with Gasteiger partial charge in [-0.1, -0.05) is 48.5 Å². The number of methoxy groups -OCH3 is 1. The minimum atomic E-state index is -1.13. The van der Waals surface area contributed by atoms with Crippen molar-refractivity contribution in [2.45, 2.75) is 31.8 Å². The third-order valence-electron chi connectivity index (χ3n) is 7.48. The standard InChI is InChI=1S/C28H38N4O4/c1-36-25-10-6-5-9-24(25)21-31-17-19-32(20-18-31)27(33)26(29-28(34)35)23-12-15-30(16-13-23)14-11-22-7-3-2-4-8-22/h2-10,23,26,29H,11-21H2,1H3,(H,34,35)/t26-/m0/s1. The molecule has 2 amide bonds. The van der Waals surface area contributed by atoms with E-state index in [4.69, 9.17) is 4.74 Å². The fraction of sp³-hybridized carbons (Fsp3) is 0.500. The van der Waals surface area contributed by atoms with Gasteiger partial charge in [0.25, 0.3) is 0 Å². The molecule has 2 fully saturated rings.